The Kier molecular flexibility index (Phi) is 5.47. The molecule has 0 saturated carbocycles. The molecule has 3 aromatic heterocycles. The second kappa shape index (κ2) is 8.74. The van der Waals surface area contributed by atoms with Crippen LogP contribution in [0.3, 0.4) is 0 Å². The van der Waals surface area contributed by atoms with Crippen LogP contribution in [0.5, 0.6) is 0 Å². The monoisotopic (exact) mass is 451 g/mol. The van der Waals surface area contributed by atoms with Gasteiger partial charge < -0.3 is 9.73 Å². The first-order chi connectivity index (χ1) is 16.5. The van der Waals surface area contributed by atoms with E-state index in [9.17, 15) is 9.59 Å². The molecule has 0 aliphatic carbocycles. The molecule has 5 aromatic rings. The molecular formula is C26H21N5O3. The predicted octanol–water partition coefficient (Wildman–Crippen LogP) is 3.98. The third-order valence-electron chi connectivity index (χ3n) is 5.42. The molecule has 0 unspecified atom stereocenters. The number of rotatable bonds is 5. The van der Waals surface area contributed by atoms with Crippen LogP contribution in [0.1, 0.15) is 27.3 Å². The normalized spacial score (nSPS) is 11.0. The molecule has 0 atom stereocenters. The summed E-state index contributed by atoms with van der Waals surface area (Å²) in [6, 6.07) is 16.3. The fourth-order valence-electron chi connectivity index (χ4n) is 3.66. The maximum Gasteiger partial charge on any atom is 0.424 e. The van der Waals surface area contributed by atoms with Gasteiger partial charge in [-0.1, -0.05) is 18.2 Å². The fraction of sp³-hybridized carbons (Fsp3) is 0.115. The summed E-state index contributed by atoms with van der Waals surface area (Å²) in [5.74, 6) is -0.161. The number of hydrogen-bond acceptors (Lipinski definition) is 6. The molecule has 0 bridgehead atoms. The first-order valence-corrected chi connectivity index (χ1v) is 10.7. The number of nitrogens with one attached hydrogen (secondary N) is 1. The number of para-hydroxylation sites is 2. The molecule has 0 spiro atoms. The SMILES string of the molecule is Cc1ccc(-c2cc(C(=O)NCc3cnc(C)nc3)cc(-n3c(=O)oc4ccccc43)c2)nc1. The first kappa shape index (κ1) is 21.3. The summed E-state index contributed by atoms with van der Waals surface area (Å²) in [6.07, 6.45) is 5.12. The van der Waals surface area contributed by atoms with Crippen molar-refractivity contribution in [2.24, 2.45) is 0 Å². The van der Waals surface area contributed by atoms with E-state index in [1.54, 1.807) is 55.8 Å². The lowest BCUT2D eigenvalue weighted by molar-refractivity contribution is 0.0951. The molecule has 3 heterocycles. The zero-order valence-corrected chi connectivity index (χ0v) is 18.6. The summed E-state index contributed by atoms with van der Waals surface area (Å²) in [4.78, 5) is 38.6. The van der Waals surface area contributed by atoms with Crippen molar-refractivity contribution >= 4 is 17.0 Å². The van der Waals surface area contributed by atoms with Crippen LogP contribution in [0.15, 0.2) is 82.4 Å². The van der Waals surface area contributed by atoms with Gasteiger partial charge in [0.1, 0.15) is 5.82 Å². The lowest BCUT2D eigenvalue weighted by Crippen LogP contribution is -2.23. The smallest absolute Gasteiger partial charge is 0.407 e. The highest BCUT2D eigenvalue weighted by Crippen LogP contribution is 2.25. The minimum Gasteiger partial charge on any atom is -0.407 e. The number of aromatic nitrogens is 4. The zero-order valence-electron chi connectivity index (χ0n) is 18.6. The van der Waals surface area contributed by atoms with Crippen LogP contribution in [0.2, 0.25) is 0 Å². The number of hydrogen-bond donors (Lipinski definition) is 1. The standard InChI is InChI=1S/C26H21N5O3/c1-16-7-8-22(29-12-16)19-9-20(25(32)30-15-18-13-27-17(2)28-14-18)11-21(10-19)31-23-5-3-4-6-24(23)34-26(31)33/h3-14H,15H2,1-2H3,(H,30,32). The molecule has 0 radical (unpaired) electrons. The van der Waals surface area contributed by atoms with Crippen molar-refractivity contribution in [3.8, 4) is 16.9 Å². The van der Waals surface area contributed by atoms with Gasteiger partial charge >= 0.3 is 5.76 Å². The van der Waals surface area contributed by atoms with Gasteiger partial charge in [-0.25, -0.2) is 19.3 Å². The number of amides is 1. The molecular weight excluding hydrogens is 430 g/mol. The van der Waals surface area contributed by atoms with Crippen molar-refractivity contribution < 1.29 is 9.21 Å². The molecule has 8 heteroatoms. The van der Waals surface area contributed by atoms with Crippen LogP contribution in [-0.4, -0.2) is 25.4 Å². The van der Waals surface area contributed by atoms with E-state index in [0.717, 1.165) is 11.1 Å². The van der Waals surface area contributed by atoms with Crippen molar-refractivity contribution in [2.45, 2.75) is 20.4 Å². The highest BCUT2D eigenvalue weighted by atomic mass is 16.4. The number of benzene rings is 2. The Labute approximate surface area is 194 Å². The third-order valence-corrected chi connectivity index (χ3v) is 5.42. The van der Waals surface area contributed by atoms with Crippen molar-refractivity contribution in [3.05, 3.63) is 106 Å². The van der Waals surface area contributed by atoms with Crippen LogP contribution in [0.25, 0.3) is 28.0 Å². The molecule has 1 N–H and O–H groups in total. The topological polar surface area (TPSA) is 103 Å². The van der Waals surface area contributed by atoms with E-state index >= 15 is 0 Å². The van der Waals surface area contributed by atoms with Gasteiger partial charge in [0, 0.05) is 41.8 Å². The van der Waals surface area contributed by atoms with Crippen molar-refractivity contribution in [2.75, 3.05) is 0 Å². The van der Waals surface area contributed by atoms with E-state index in [1.807, 2.05) is 31.2 Å². The quantitative estimate of drug-likeness (QED) is 0.434. The summed E-state index contributed by atoms with van der Waals surface area (Å²) in [7, 11) is 0. The molecule has 8 nitrogen and oxygen atoms in total. The summed E-state index contributed by atoms with van der Waals surface area (Å²) >= 11 is 0. The van der Waals surface area contributed by atoms with E-state index < -0.39 is 5.76 Å². The maximum atomic E-state index is 13.1. The minimum atomic E-state index is -0.529. The number of carbonyl (C=O) groups excluding carboxylic acids is 1. The Bertz CT molecular complexity index is 1550. The van der Waals surface area contributed by atoms with Crippen molar-refractivity contribution in [1.29, 1.82) is 0 Å². The summed E-state index contributed by atoms with van der Waals surface area (Å²) in [6.45, 7) is 4.03. The van der Waals surface area contributed by atoms with E-state index in [4.69, 9.17) is 4.42 Å². The first-order valence-electron chi connectivity index (χ1n) is 10.7. The van der Waals surface area contributed by atoms with Crippen LogP contribution in [0, 0.1) is 13.8 Å². The molecule has 0 aliphatic heterocycles. The molecule has 2 aromatic carbocycles. The van der Waals surface area contributed by atoms with Crippen molar-refractivity contribution in [3.63, 3.8) is 0 Å². The maximum absolute atomic E-state index is 13.1. The van der Waals surface area contributed by atoms with Gasteiger partial charge in [0.05, 0.1) is 16.9 Å². The molecule has 34 heavy (non-hydrogen) atoms. The second-order valence-corrected chi connectivity index (χ2v) is 7.98. The number of pyridine rings is 1. The van der Waals surface area contributed by atoms with Crippen LogP contribution in [0.4, 0.5) is 0 Å². The Morgan fingerprint density at radius 2 is 1.76 bits per heavy atom. The van der Waals surface area contributed by atoms with Crippen LogP contribution >= 0.6 is 0 Å². The number of oxazole rings is 1. The lowest BCUT2D eigenvalue weighted by atomic mass is 10.0. The predicted molar refractivity (Wildman–Crippen MR) is 128 cm³/mol. The third kappa shape index (κ3) is 4.21. The summed E-state index contributed by atoms with van der Waals surface area (Å²) < 4.78 is 6.86. The largest absolute Gasteiger partial charge is 0.424 e. The number of aryl methyl sites for hydroxylation is 2. The lowest BCUT2D eigenvalue weighted by Gasteiger charge is -2.11. The molecule has 5 rings (SSSR count). The van der Waals surface area contributed by atoms with Crippen molar-refractivity contribution in [1.82, 2.24) is 24.8 Å². The van der Waals surface area contributed by atoms with Gasteiger partial charge in [-0.3, -0.25) is 9.78 Å². The zero-order chi connectivity index (χ0) is 23.7. The highest BCUT2D eigenvalue weighted by Gasteiger charge is 2.16. The Morgan fingerprint density at radius 3 is 2.53 bits per heavy atom. The van der Waals surface area contributed by atoms with Gasteiger partial charge in [-0.2, -0.15) is 0 Å². The van der Waals surface area contributed by atoms with Gasteiger partial charge in [0.25, 0.3) is 5.91 Å². The molecule has 0 fully saturated rings. The number of fused-ring (bicyclic) bond motifs is 1. The molecule has 0 aliphatic rings. The van der Waals surface area contributed by atoms with Gasteiger partial charge in [0.15, 0.2) is 5.58 Å². The van der Waals surface area contributed by atoms with Gasteiger partial charge in [-0.05, 0) is 55.8 Å². The average Bonchev–Trinajstić information content (AvgIpc) is 3.19. The number of carbonyl (C=O) groups is 1. The minimum absolute atomic E-state index is 0.274. The fourth-order valence-corrected chi connectivity index (χ4v) is 3.66. The Hall–Kier alpha value is -4.59. The summed E-state index contributed by atoms with van der Waals surface area (Å²) in [5, 5.41) is 2.90. The van der Waals surface area contributed by atoms with E-state index in [1.165, 1.54) is 4.57 Å². The van der Waals surface area contributed by atoms with Gasteiger partial charge in [0.2, 0.25) is 0 Å². The Balaban J connectivity index is 1.58. The second-order valence-electron chi connectivity index (χ2n) is 7.98. The molecule has 1 amide bonds. The van der Waals surface area contributed by atoms with Crippen LogP contribution in [-0.2, 0) is 6.54 Å². The highest BCUT2D eigenvalue weighted by molar-refractivity contribution is 5.96. The van der Waals surface area contributed by atoms with E-state index in [0.29, 0.717) is 39.4 Å². The molecule has 0 saturated heterocycles. The average molecular weight is 451 g/mol. The molecule has 168 valence electrons. The number of nitrogens with zero attached hydrogens (tertiary/aromatic N) is 4. The Morgan fingerprint density at radius 1 is 0.971 bits per heavy atom. The van der Waals surface area contributed by atoms with Gasteiger partial charge in [-0.15, -0.1) is 0 Å². The van der Waals surface area contributed by atoms with E-state index in [2.05, 4.69) is 20.3 Å². The van der Waals surface area contributed by atoms with E-state index in [-0.39, 0.29) is 12.5 Å². The van der Waals surface area contributed by atoms with Crippen LogP contribution < -0.4 is 11.1 Å². The summed E-state index contributed by atoms with van der Waals surface area (Å²) in [5.41, 5.74) is 5.19.